The molecular formula is C17H26N2O3. The summed E-state index contributed by atoms with van der Waals surface area (Å²) < 4.78 is 5.19. The molecule has 1 aromatic rings. The van der Waals surface area contributed by atoms with E-state index in [1.54, 1.807) is 17.0 Å². The molecule has 0 spiro atoms. The van der Waals surface area contributed by atoms with Crippen molar-refractivity contribution in [1.29, 1.82) is 0 Å². The van der Waals surface area contributed by atoms with E-state index in [1.807, 2.05) is 26.1 Å². The standard InChI is InChI=1S/C17H26N2O3/c1-3-12-22-17(21)18(2)15-8-10-19(11-9-15)13-14-4-6-16(20)7-5-14/h4-7,15,20H,3,8-13H2,1-2H3. The minimum Gasteiger partial charge on any atom is -0.508 e. The largest absolute Gasteiger partial charge is 0.508 e. The zero-order chi connectivity index (χ0) is 15.9. The normalized spacial score (nSPS) is 16.5. The number of phenolic OH excluding ortho intramolecular Hbond substituents is 1. The Hall–Kier alpha value is -1.75. The lowest BCUT2D eigenvalue weighted by Gasteiger charge is -2.36. The molecule has 0 radical (unpaired) electrons. The van der Waals surface area contributed by atoms with E-state index in [0.717, 1.165) is 38.9 Å². The Morgan fingerprint density at radius 1 is 1.32 bits per heavy atom. The lowest BCUT2D eigenvalue weighted by atomic mass is 10.0. The van der Waals surface area contributed by atoms with Gasteiger partial charge in [-0.05, 0) is 37.0 Å². The fraction of sp³-hybridized carbons (Fsp3) is 0.588. The molecule has 22 heavy (non-hydrogen) atoms. The van der Waals surface area contributed by atoms with Crippen molar-refractivity contribution in [2.75, 3.05) is 26.7 Å². The third-order valence-electron chi connectivity index (χ3n) is 4.16. The van der Waals surface area contributed by atoms with E-state index >= 15 is 0 Å². The number of rotatable bonds is 5. The number of nitrogens with zero attached hydrogens (tertiary/aromatic N) is 2. The molecule has 1 aromatic carbocycles. The lowest BCUT2D eigenvalue weighted by molar-refractivity contribution is 0.0758. The number of hydrogen-bond acceptors (Lipinski definition) is 4. The molecule has 1 saturated heterocycles. The minimum atomic E-state index is -0.209. The zero-order valence-corrected chi connectivity index (χ0v) is 13.5. The Bertz CT molecular complexity index is 467. The van der Waals surface area contributed by atoms with Gasteiger partial charge < -0.3 is 14.7 Å². The molecule has 0 atom stereocenters. The van der Waals surface area contributed by atoms with Crippen LogP contribution >= 0.6 is 0 Å². The van der Waals surface area contributed by atoms with Crippen LogP contribution in [0.4, 0.5) is 4.79 Å². The molecule has 0 saturated carbocycles. The molecule has 0 aromatic heterocycles. The maximum atomic E-state index is 11.9. The van der Waals surface area contributed by atoms with Crippen molar-refractivity contribution in [2.24, 2.45) is 0 Å². The summed E-state index contributed by atoms with van der Waals surface area (Å²) in [6, 6.07) is 7.62. The second kappa shape index (κ2) is 8.03. The summed E-state index contributed by atoms with van der Waals surface area (Å²) in [5.41, 5.74) is 1.20. The Morgan fingerprint density at radius 3 is 2.55 bits per heavy atom. The molecule has 0 bridgehead atoms. The van der Waals surface area contributed by atoms with Crippen molar-refractivity contribution < 1.29 is 14.6 Å². The molecule has 1 amide bonds. The van der Waals surface area contributed by atoms with Gasteiger partial charge in [0, 0.05) is 32.7 Å². The number of likely N-dealkylation sites (tertiary alicyclic amines) is 1. The second-order valence-electron chi connectivity index (χ2n) is 5.90. The number of ether oxygens (including phenoxy) is 1. The van der Waals surface area contributed by atoms with E-state index < -0.39 is 0 Å². The molecule has 1 N–H and O–H groups in total. The maximum absolute atomic E-state index is 11.9. The van der Waals surface area contributed by atoms with Crippen LogP contribution in [0.2, 0.25) is 0 Å². The number of benzene rings is 1. The second-order valence-corrected chi connectivity index (χ2v) is 5.90. The number of carbonyl (C=O) groups is 1. The number of amides is 1. The van der Waals surface area contributed by atoms with Crippen molar-refractivity contribution in [3.8, 4) is 5.75 Å². The maximum Gasteiger partial charge on any atom is 0.409 e. The molecule has 122 valence electrons. The number of hydrogen-bond donors (Lipinski definition) is 1. The van der Waals surface area contributed by atoms with E-state index in [-0.39, 0.29) is 12.1 Å². The third kappa shape index (κ3) is 4.63. The predicted octanol–water partition coefficient (Wildman–Crippen LogP) is 2.84. The van der Waals surface area contributed by atoms with Crippen LogP contribution in [0.3, 0.4) is 0 Å². The molecule has 5 heteroatoms. The van der Waals surface area contributed by atoms with Gasteiger partial charge in [0.25, 0.3) is 0 Å². The number of carbonyl (C=O) groups excluding carboxylic acids is 1. The van der Waals surface area contributed by atoms with Gasteiger partial charge in [-0.2, -0.15) is 0 Å². The molecule has 5 nitrogen and oxygen atoms in total. The number of phenols is 1. The topological polar surface area (TPSA) is 53.0 Å². The predicted molar refractivity (Wildman–Crippen MR) is 85.8 cm³/mol. The Morgan fingerprint density at radius 2 is 1.95 bits per heavy atom. The van der Waals surface area contributed by atoms with Crippen LogP contribution in [-0.2, 0) is 11.3 Å². The average molecular weight is 306 g/mol. The van der Waals surface area contributed by atoms with Gasteiger partial charge in [0.15, 0.2) is 0 Å². The van der Waals surface area contributed by atoms with Crippen molar-refractivity contribution in [2.45, 2.75) is 38.8 Å². The lowest BCUT2D eigenvalue weighted by Crippen LogP contribution is -2.45. The highest BCUT2D eigenvalue weighted by molar-refractivity contribution is 5.67. The summed E-state index contributed by atoms with van der Waals surface area (Å²) >= 11 is 0. The van der Waals surface area contributed by atoms with E-state index in [9.17, 15) is 9.90 Å². The van der Waals surface area contributed by atoms with E-state index in [4.69, 9.17) is 4.74 Å². The van der Waals surface area contributed by atoms with Gasteiger partial charge in [-0.1, -0.05) is 19.1 Å². The summed E-state index contributed by atoms with van der Waals surface area (Å²) in [6.45, 7) is 5.31. The molecule has 0 aliphatic carbocycles. The number of piperidine rings is 1. The van der Waals surface area contributed by atoms with Crippen LogP contribution in [-0.4, -0.2) is 53.8 Å². The number of aromatic hydroxyl groups is 1. The summed E-state index contributed by atoms with van der Waals surface area (Å²) in [5, 5.41) is 9.31. The fourth-order valence-electron chi connectivity index (χ4n) is 2.76. The first-order valence-corrected chi connectivity index (χ1v) is 8.00. The van der Waals surface area contributed by atoms with E-state index in [0.29, 0.717) is 12.4 Å². The third-order valence-corrected chi connectivity index (χ3v) is 4.16. The highest BCUT2D eigenvalue weighted by atomic mass is 16.6. The van der Waals surface area contributed by atoms with Crippen molar-refractivity contribution >= 4 is 6.09 Å². The fourth-order valence-corrected chi connectivity index (χ4v) is 2.76. The molecular weight excluding hydrogens is 280 g/mol. The first-order chi connectivity index (χ1) is 10.6. The van der Waals surface area contributed by atoms with E-state index in [1.165, 1.54) is 5.56 Å². The molecule has 1 heterocycles. The van der Waals surface area contributed by atoms with Crippen LogP contribution in [0.25, 0.3) is 0 Å². The van der Waals surface area contributed by atoms with Crippen LogP contribution in [0, 0.1) is 0 Å². The average Bonchev–Trinajstić information content (AvgIpc) is 2.55. The molecule has 1 fully saturated rings. The Kier molecular flexibility index (Phi) is 6.07. The minimum absolute atomic E-state index is 0.209. The van der Waals surface area contributed by atoms with Crippen molar-refractivity contribution in [3.63, 3.8) is 0 Å². The molecule has 1 aliphatic heterocycles. The highest BCUT2D eigenvalue weighted by Gasteiger charge is 2.26. The van der Waals surface area contributed by atoms with Gasteiger partial charge in [0.1, 0.15) is 5.75 Å². The SMILES string of the molecule is CCCOC(=O)N(C)C1CCN(Cc2ccc(O)cc2)CC1. The van der Waals surface area contributed by atoms with Gasteiger partial charge in [0.2, 0.25) is 0 Å². The van der Waals surface area contributed by atoms with Crippen molar-refractivity contribution in [1.82, 2.24) is 9.80 Å². The van der Waals surface area contributed by atoms with Gasteiger partial charge in [-0.15, -0.1) is 0 Å². The van der Waals surface area contributed by atoms with E-state index in [2.05, 4.69) is 4.90 Å². The Balaban J connectivity index is 1.77. The summed E-state index contributed by atoms with van der Waals surface area (Å²) in [7, 11) is 1.83. The van der Waals surface area contributed by atoms with Gasteiger partial charge in [0.05, 0.1) is 6.61 Å². The Labute approximate surface area is 132 Å². The van der Waals surface area contributed by atoms with Crippen LogP contribution in [0.1, 0.15) is 31.7 Å². The van der Waals surface area contributed by atoms with Crippen molar-refractivity contribution in [3.05, 3.63) is 29.8 Å². The van der Waals surface area contributed by atoms with Gasteiger partial charge in [-0.25, -0.2) is 4.79 Å². The highest BCUT2D eigenvalue weighted by Crippen LogP contribution is 2.19. The summed E-state index contributed by atoms with van der Waals surface area (Å²) in [5.74, 6) is 0.301. The monoisotopic (exact) mass is 306 g/mol. The molecule has 0 unspecified atom stereocenters. The smallest absolute Gasteiger partial charge is 0.409 e. The first-order valence-electron chi connectivity index (χ1n) is 8.00. The van der Waals surface area contributed by atoms with Crippen LogP contribution < -0.4 is 0 Å². The van der Waals surface area contributed by atoms with Crippen LogP contribution in [0.15, 0.2) is 24.3 Å². The van der Waals surface area contributed by atoms with Gasteiger partial charge in [-0.3, -0.25) is 4.90 Å². The summed E-state index contributed by atoms with van der Waals surface area (Å²) in [4.78, 5) is 16.0. The summed E-state index contributed by atoms with van der Waals surface area (Å²) in [6.07, 6.45) is 2.58. The van der Waals surface area contributed by atoms with Crippen LogP contribution in [0.5, 0.6) is 5.75 Å². The molecule has 2 rings (SSSR count). The molecule has 1 aliphatic rings. The first kappa shape index (κ1) is 16.6. The zero-order valence-electron chi connectivity index (χ0n) is 13.5. The van der Waals surface area contributed by atoms with Gasteiger partial charge >= 0.3 is 6.09 Å². The quantitative estimate of drug-likeness (QED) is 0.909.